The van der Waals surface area contributed by atoms with Gasteiger partial charge in [0.25, 0.3) is 0 Å². The summed E-state index contributed by atoms with van der Waals surface area (Å²) in [6, 6.07) is 7.37. The van der Waals surface area contributed by atoms with Crippen molar-refractivity contribution in [1.29, 1.82) is 0 Å². The molecule has 0 amide bonds. The minimum absolute atomic E-state index is 0. The predicted molar refractivity (Wildman–Crippen MR) is 74.6 cm³/mol. The Hall–Kier alpha value is -0.390. The molecule has 3 nitrogen and oxygen atoms in total. The molecule has 0 aromatic rings. The van der Waals surface area contributed by atoms with Crippen molar-refractivity contribution < 1.29 is 42.5 Å². The molecule has 0 atom stereocenters. The molecule has 2 aliphatic carbocycles. The van der Waals surface area contributed by atoms with E-state index in [-0.39, 0.29) is 40.4 Å². The fraction of sp³-hybridized carbons (Fsp3) is 0.333. The summed E-state index contributed by atoms with van der Waals surface area (Å²) in [5, 5.41) is 0. The molecule has 0 saturated heterocycles. The van der Waals surface area contributed by atoms with E-state index in [0.717, 1.165) is 16.7 Å². The zero-order valence-corrected chi connectivity index (χ0v) is 15.3. The van der Waals surface area contributed by atoms with Crippen LogP contribution in [0.5, 0.6) is 0 Å². The molecule has 0 N–H and O–H groups in total. The Balaban J connectivity index is 0.00000200. The molecule has 0 aliphatic heterocycles. The maximum absolute atomic E-state index is 11.7. The van der Waals surface area contributed by atoms with Gasteiger partial charge in [0.05, 0.1) is 4.90 Å². The Morgan fingerprint density at radius 2 is 1.55 bits per heavy atom. The van der Waals surface area contributed by atoms with Crippen LogP contribution < -0.4 is 29.6 Å². The largest absolute Gasteiger partial charge is 1.00 e. The van der Waals surface area contributed by atoms with Gasteiger partial charge in [0, 0.05) is 5.56 Å². The standard InChI is InChI=1S/C15H18O3S.Na/c1-9(2)12-7-5-10(3)13-8-6-11(4)14(13)15(12)19(16,17)18;/h5-9H,1-4H3,(H,16,17,18);/q;+1/p-1. The Bertz CT molecular complexity index is 706. The van der Waals surface area contributed by atoms with Gasteiger partial charge in [0.1, 0.15) is 10.1 Å². The number of rotatable bonds is 2. The van der Waals surface area contributed by atoms with E-state index < -0.39 is 10.1 Å². The molecule has 0 spiro atoms. The third-order valence-electron chi connectivity index (χ3n) is 3.46. The van der Waals surface area contributed by atoms with E-state index >= 15 is 0 Å². The van der Waals surface area contributed by atoms with Crippen LogP contribution in [-0.4, -0.2) is 13.0 Å². The molecule has 2 aliphatic rings. The van der Waals surface area contributed by atoms with Crippen LogP contribution in [0.1, 0.15) is 36.5 Å². The van der Waals surface area contributed by atoms with Crippen LogP contribution in [0, 0.1) is 13.8 Å². The van der Waals surface area contributed by atoms with Gasteiger partial charge in [-0.1, -0.05) is 38.1 Å². The normalized spacial score (nSPS) is 11.7. The van der Waals surface area contributed by atoms with Crippen LogP contribution in [0.25, 0.3) is 11.1 Å². The molecular weight excluding hydrogens is 283 g/mol. The van der Waals surface area contributed by atoms with Crippen LogP contribution in [0.15, 0.2) is 29.2 Å². The molecule has 0 saturated carbocycles. The Morgan fingerprint density at radius 1 is 1.00 bits per heavy atom. The molecule has 0 fully saturated rings. The van der Waals surface area contributed by atoms with E-state index in [4.69, 9.17) is 0 Å². The molecule has 102 valence electrons. The number of fused-ring (bicyclic) bond motifs is 1. The summed E-state index contributed by atoms with van der Waals surface area (Å²) in [6.45, 7) is 7.54. The summed E-state index contributed by atoms with van der Waals surface area (Å²) in [5.74, 6) is -0.0250. The summed E-state index contributed by atoms with van der Waals surface area (Å²) in [4.78, 5) is -0.0619. The fourth-order valence-electron chi connectivity index (χ4n) is 2.47. The van der Waals surface area contributed by atoms with Gasteiger partial charge in [0.15, 0.2) is 0 Å². The van der Waals surface area contributed by atoms with E-state index in [2.05, 4.69) is 0 Å². The Labute approximate surface area is 142 Å². The van der Waals surface area contributed by atoms with Gasteiger partial charge >= 0.3 is 29.6 Å². The summed E-state index contributed by atoms with van der Waals surface area (Å²) in [7, 11) is -4.51. The van der Waals surface area contributed by atoms with Crippen molar-refractivity contribution >= 4 is 10.1 Å². The first kappa shape index (κ1) is 17.7. The van der Waals surface area contributed by atoms with Crippen molar-refractivity contribution in [2.75, 3.05) is 0 Å². The van der Waals surface area contributed by atoms with Crippen LogP contribution in [-0.2, 0) is 10.1 Å². The quantitative estimate of drug-likeness (QED) is 0.597. The average molecular weight is 300 g/mol. The third kappa shape index (κ3) is 3.10. The second-order valence-electron chi connectivity index (χ2n) is 5.21. The topological polar surface area (TPSA) is 57.2 Å². The zero-order valence-electron chi connectivity index (χ0n) is 12.5. The average Bonchev–Trinajstić information content (AvgIpc) is 2.55. The number of hydrogen-bond acceptors (Lipinski definition) is 3. The number of aryl methyl sites for hydroxylation is 2. The fourth-order valence-corrected chi connectivity index (χ4v) is 3.58. The van der Waals surface area contributed by atoms with E-state index in [9.17, 15) is 13.0 Å². The first-order valence-electron chi connectivity index (χ1n) is 6.22. The summed E-state index contributed by atoms with van der Waals surface area (Å²) >= 11 is 0. The van der Waals surface area contributed by atoms with Gasteiger partial charge in [-0.05, 0) is 42.0 Å². The molecule has 5 heteroatoms. The van der Waals surface area contributed by atoms with Gasteiger partial charge in [-0.3, -0.25) is 0 Å². The molecule has 20 heavy (non-hydrogen) atoms. The first-order valence-corrected chi connectivity index (χ1v) is 7.63. The SMILES string of the molecule is Cc1ccc(C(C)C)c(S(=O)(=O)[O-])c2c(C)ccc1-2.[Na+]. The summed E-state index contributed by atoms with van der Waals surface area (Å²) in [5.41, 5.74) is 3.79. The van der Waals surface area contributed by atoms with Gasteiger partial charge in [0.2, 0.25) is 0 Å². The van der Waals surface area contributed by atoms with Crippen LogP contribution in [0.4, 0.5) is 0 Å². The minimum Gasteiger partial charge on any atom is -0.744 e. The molecule has 0 aromatic carbocycles. The van der Waals surface area contributed by atoms with Gasteiger partial charge in [-0.2, -0.15) is 0 Å². The molecular formula is C15H17NaO3S. The molecule has 0 aromatic heterocycles. The van der Waals surface area contributed by atoms with E-state index in [1.54, 1.807) is 6.07 Å². The molecule has 0 radical (unpaired) electrons. The molecule has 2 rings (SSSR count). The zero-order chi connectivity index (χ0) is 14.4. The second-order valence-corrected chi connectivity index (χ2v) is 6.53. The molecule has 0 unspecified atom stereocenters. The molecule has 0 bridgehead atoms. The van der Waals surface area contributed by atoms with Crippen LogP contribution in [0.2, 0.25) is 0 Å². The third-order valence-corrected chi connectivity index (χ3v) is 4.40. The van der Waals surface area contributed by atoms with Crippen LogP contribution >= 0.6 is 0 Å². The maximum atomic E-state index is 11.7. The van der Waals surface area contributed by atoms with Crippen LogP contribution in [0.3, 0.4) is 0 Å². The smallest absolute Gasteiger partial charge is 0.744 e. The summed E-state index contributed by atoms with van der Waals surface area (Å²) in [6.07, 6.45) is 0. The predicted octanol–water partition coefficient (Wildman–Crippen LogP) is 0.440. The second kappa shape index (κ2) is 6.16. The van der Waals surface area contributed by atoms with Gasteiger partial charge < -0.3 is 4.55 Å². The monoisotopic (exact) mass is 300 g/mol. The van der Waals surface area contributed by atoms with Crippen molar-refractivity contribution in [3.05, 3.63) is 41.0 Å². The Morgan fingerprint density at radius 3 is 2.05 bits per heavy atom. The van der Waals surface area contributed by atoms with E-state index in [0.29, 0.717) is 11.1 Å². The van der Waals surface area contributed by atoms with Crippen molar-refractivity contribution in [2.45, 2.75) is 38.5 Å². The van der Waals surface area contributed by atoms with Crippen molar-refractivity contribution in [1.82, 2.24) is 0 Å². The van der Waals surface area contributed by atoms with Crippen molar-refractivity contribution in [3.63, 3.8) is 0 Å². The Kier molecular flexibility index (Phi) is 5.44. The van der Waals surface area contributed by atoms with Gasteiger partial charge in [-0.15, -0.1) is 0 Å². The molecule has 0 heterocycles. The van der Waals surface area contributed by atoms with Gasteiger partial charge in [-0.25, -0.2) is 8.42 Å². The number of hydrogen-bond donors (Lipinski definition) is 0. The maximum Gasteiger partial charge on any atom is 1.00 e. The van der Waals surface area contributed by atoms with Crippen molar-refractivity contribution in [3.8, 4) is 11.1 Å². The summed E-state index contributed by atoms with van der Waals surface area (Å²) < 4.78 is 35.2. The minimum atomic E-state index is -4.51. The van der Waals surface area contributed by atoms with Crippen molar-refractivity contribution in [2.24, 2.45) is 0 Å². The first-order chi connectivity index (χ1) is 8.73. The van der Waals surface area contributed by atoms with E-state index in [1.165, 1.54) is 0 Å². The van der Waals surface area contributed by atoms with E-state index in [1.807, 2.05) is 45.9 Å².